The van der Waals surface area contributed by atoms with Gasteiger partial charge >= 0.3 is 0 Å². The molecule has 54 valence electrons. The first-order valence-electron chi connectivity index (χ1n) is 3.77. The molecule has 1 aliphatic rings. The third kappa shape index (κ3) is 0.948. The van der Waals surface area contributed by atoms with E-state index in [1.54, 1.807) is 0 Å². The Bertz CT molecular complexity index is 223. The zero-order valence-corrected chi connectivity index (χ0v) is 5.93. The topological polar surface area (TPSA) is 41.8 Å². The normalized spacial score (nSPS) is 17.7. The van der Waals surface area contributed by atoms with E-state index in [0.717, 1.165) is 5.92 Å². The van der Waals surface area contributed by atoms with E-state index in [1.165, 1.54) is 24.1 Å². The van der Waals surface area contributed by atoms with Crippen LogP contribution in [0.25, 0.3) is 0 Å². The van der Waals surface area contributed by atoms with Crippen molar-refractivity contribution in [1.82, 2.24) is 4.98 Å². The van der Waals surface area contributed by atoms with E-state index < -0.39 is 0 Å². The number of hydrogen-bond donors (Lipinski definition) is 2. The Morgan fingerprint density at radius 1 is 1.60 bits per heavy atom. The average Bonchev–Trinajstić information content (AvgIpc) is 2.70. The van der Waals surface area contributed by atoms with Crippen LogP contribution in [-0.2, 0) is 6.54 Å². The van der Waals surface area contributed by atoms with Gasteiger partial charge in [-0.05, 0) is 30.4 Å². The zero-order chi connectivity index (χ0) is 6.97. The van der Waals surface area contributed by atoms with Crippen LogP contribution in [0.3, 0.4) is 0 Å². The van der Waals surface area contributed by atoms with Crippen molar-refractivity contribution in [1.29, 1.82) is 0 Å². The van der Waals surface area contributed by atoms with Gasteiger partial charge in [-0.25, -0.2) is 0 Å². The third-order valence-corrected chi connectivity index (χ3v) is 2.02. The molecule has 1 aromatic rings. The molecule has 0 saturated heterocycles. The van der Waals surface area contributed by atoms with E-state index in [2.05, 4.69) is 11.1 Å². The van der Waals surface area contributed by atoms with Crippen molar-refractivity contribution in [2.24, 2.45) is 5.73 Å². The fraction of sp³-hybridized carbons (Fsp3) is 0.500. The molecule has 0 radical (unpaired) electrons. The zero-order valence-electron chi connectivity index (χ0n) is 5.93. The molecule has 3 N–H and O–H groups in total. The summed E-state index contributed by atoms with van der Waals surface area (Å²) in [7, 11) is 0. The molecule has 1 heterocycles. The molecule has 0 spiro atoms. The molecule has 1 aliphatic carbocycles. The van der Waals surface area contributed by atoms with Crippen LogP contribution in [0.4, 0.5) is 0 Å². The Labute approximate surface area is 60.4 Å². The highest BCUT2D eigenvalue weighted by atomic mass is 14.7. The highest BCUT2D eigenvalue weighted by Gasteiger charge is 2.24. The van der Waals surface area contributed by atoms with Crippen molar-refractivity contribution in [2.75, 3.05) is 0 Å². The van der Waals surface area contributed by atoms with Crippen LogP contribution in [0, 0.1) is 0 Å². The first kappa shape index (κ1) is 5.98. The predicted octanol–water partition coefficient (Wildman–Crippen LogP) is 1.35. The smallest absolute Gasteiger partial charge is 0.0193 e. The summed E-state index contributed by atoms with van der Waals surface area (Å²) >= 11 is 0. The largest absolute Gasteiger partial charge is 0.364 e. The van der Waals surface area contributed by atoms with Crippen LogP contribution in [0.15, 0.2) is 12.3 Å². The fourth-order valence-corrected chi connectivity index (χ4v) is 1.21. The van der Waals surface area contributed by atoms with Gasteiger partial charge in [0.15, 0.2) is 0 Å². The highest BCUT2D eigenvalue weighted by molar-refractivity contribution is 5.22. The van der Waals surface area contributed by atoms with Gasteiger partial charge in [0.05, 0.1) is 0 Å². The Morgan fingerprint density at radius 2 is 2.40 bits per heavy atom. The van der Waals surface area contributed by atoms with Crippen LogP contribution < -0.4 is 5.73 Å². The van der Waals surface area contributed by atoms with E-state index in [9.17, 15) is 0 Å². The number of nitrogens with one attached hydrogen (secondary N) is 1. The SMILES string of the molecule is NCc1c[nH]c(C2CC2)c1. The second kappa shape index (κ2) is 2.13. The molecular formula is C8H12N2. The Kier molecular flexibility index (Phi) is 1.27. The van der Waals surface area contributed by atoms with Crippen molar-refractivity contribution in [3.8, 4) is 0 Å². The van der Waals surface area contributed by atoms with Gasteiger partial charge in [-0.3, -0.25) is 0 Å². The molecular weight excluding hydrogens is 124 g/mol. The van der Waals surface area contributed by atoms with Crippen molar-refractivity contribution in [3.05, 3.63) is 23.5 Å². The molecule has 0 amide bonds. The Balaban J connectivity index is 2.19. The predicted molar refractivity (Wildman–Crippen MR) is 40.7 cm³/mol. The number of aromatic nitrogens is 1. The monoisotopic (exact) mass is 136 g/mol. The van der Waals surface area contributed by atoms with Gasteiger partial charge in [0.2, 0.25) is 0 Å². The number of hydrogen-bond acceptors (Lipinski definition) is 1. The standard InChI is InChI=1S/C8H12N2/c9-4-6-3-8(10-5-6)7-1-2-7/h3,5,7,10H,1-2,4,9H2. The first-order valence-corrected chi connectivity index (χ1v) is 3.77. The number of nitrogens with two attached hydrogens (primary N) is 1. The summed E-state index contributed by atoms with van der Waals surface area (Å²) in [4.78, 5) is 3.24. The summed E-state index contributed by atoms with van der Waals surface area (Å²) in [5, 5.41) is 0. The average molecular weight is 136 g/mol. The van der Waals surface area contributed by atoms with E-state index in [0.29, 0.717) is 6.54 Å². The van der Waals surface area contributed by atoms with E-state index >= 15 is 0 Å². The summed E-state index contributed by atoms with van der Waals surface area (Å²) in [5.41, 5.74) is 8.06. The summed E-state index contributed by atoms with van der Waals surface area (Å²) in [6, 6.07) is 2.18. The molecule has 1 fully saturated rings. The van der Waals surface area contributed by atoms with Gasteiger partial charge in [0, 0.05) is 18.4 Å². The maximum absolute atomic E-state index is 5.46. The van der Waals surface area contributed by atoms with Crippen molar-refractivity contribution in [3.63, 3.8) is 0 Å². The lowest BCUT2D eigenvalue weighted by Gasteiger charge is -1.86. The maximum Gasteiger partial charge on any atom is 0.0193 e. The quantitative estimate of drug-likeness (QED) is 0.633. The molecule has 10 heavy (non-hydrogen) atoms. The van der Waals surface area contributed by atoms with Crippen molar-refractivity contribution < 1.29 is 0 Å². The minimum atomic E-state index is 0.656. The minimum absolute atomic E-state index is 0.656. The molecule has 2 nitrogen and oxygen atoms in total. The first-order chi connectivity index (χ1) is 4.90. The lowest BCUT2D eigenvalue weighted by atomic mass is 10.2. The van der Waals surface area contributed by atoms with E-state index in [-0.39, 0.29) is 0 Å². The molecule has 1 saturated carbocycles. The fourth-order valence-electron chi connectivity index (χ4n) is 1.21. The maximum atomic E-state index is 5.46. The summed E-state index contributed by atoms with van der Waals surface area (Å²) < 4.78 is 0. The van der Waals surface area contributed by atoms with Crippen LogP contribution in [-0.4, -0.2) is 4.98 Å². The van der Waals surface area contributed by atoms with Gasteiger partial charge in [0.25, 0.3) is 0 Å². The summed E-state index contributed by atoms with van der Waals surface area (Å²) in [5.74, 6) is 0.820. The second-order valence-corrected chi connectivity index (χ2v) is 2.94. The van der Waals surface area contributed by atoms with Gasteiger partial charge in [-0.2, -0.15) is 0 Å². The minimum Gasteiger partial charge on any atom is -0.364 e. The molecule has 0 atom stereocenters. The molecule has 0 bridgehead atoms. The lowest BCUT2D eigenvalue weighted by molar-refractivity contribution is 1.05. The van der Waals surface area contributed by atoms with Gasteiger partial charge < -0.3 is 10.7 Å². The van der Waals surface area contributed by atoms with Gasteiger partial charge in [0.1, 0.15) is 0 Å². The van der Waals surface area contributed by atoms with Gasteiger partial charge in [-0.15, -0.1) is 0 Å². The Morgan fingerprint density at radius 3 is 2.90 bits per heavy atom. The van der Waals surface area contributed by atoms with Crippen LogP contribution in [0.5, 0.6) is 0 Å². The number of H-pyrrole nitrogens is 1. The lowest BCUT2D eigenvalue weighted by Crippen LogP contribution is -1.92. The summed E-state index contributed by atoms with van der Waals surface area (Å²) in [6.07, 6.45) is 4.71. The van der Waals surface area contributed by atoms with Crippen molar-refractivity contribution in [2.45, 2.75) is 25.3 Å². The number of aromatic amines is 1. The molecule has 0 aromatic carbocycles. The second-order valence-electron chi connectivity index (χ2n) is 2.94. The van der Waals surface area contributed by atoms with Gasteiger partial charge in [-0.1, -0.05) is 0 Å². The summed E-state index contributed by atoms with van der Waals surface area (Å²) in [6.45, 7) is 0.656. The third-order valence-electron chi connectivity index (χ3n) is 2.02. The van der Waals surface area contributed by atoms with Crippen LogP contribution in [0.2, 0.25) is 0 Å². The molecule has 2 rings (SSSR count). The molecule has 0 unspecified atom stereocenters. The molecule has 2 heteroatoms. The van der Waals surface area contributed by atoms with E-state index in [4.69, 9.17) is 5.73 Å². The van der Waals surface area contributed by atoms with E-state index in [1.807, 2.05) is 6.20 Å². The Hall–Kier alpha value is -0.760. The van der Waals surface area contributed by atoms with Crippen molar-refractivity contribution >= 4 is 0 Å². The molecule has 0 aliphatic heterocycles. The van der Waals surface area contributed by atoms with Crippen LogP contribution in [0.1, 0.15) is 30.0 Å². The number of rotatable bonds is 2. The highest BCUT2D eigenvalue weighted by Crippen LogP contribution is 2.39. The molecule has 1 aromatic heterocycles. The van der Waals surface area contributed by atoms with Crippen LogP contribution >= 0.6 is 0 Å².